The quantitative estimate of drug-likeness (QED) is 0.209. The Labute approximate surface area is 258 Å². The fraction of sp³-hybridized carbons (Fsp3) is 0. The van der Waals surface area contributed by atoms with E-state index in [1.165, 1.54) is 11.1 Å². The Kier molecular flexibility index (Phi) is 5.74. The van der Waals surface area contributed by atoms with Crippen LogP contribution in [0.5, 0.6) is 0 Å². The van der Waals surface area contributed by atoms with E-state index in [9.17, 15) is 0 Å². The van der Waals surface area contributed by atoms with Crippen LogP contribution in [0.3, 0.4) is 0 Å². The highest BCUT2D eigenvalue weighted by atomic mass is 16.3. The predicted octanol–water partition coefficient (Wildman–Crippen LogP) is 10.1. The van der Waals surface area contributed by atoms with Gasteiger partial charge in [0, 0.05) is 22.1 Å². The molecule has 0 atom stereocenters. The van der Waals surface area contributed by atoms with Crippen LogP contribution in [0.15, 0.2) is 150 Å². The van der Waals surface area contributed by atoms with Gasteiger partial charge in [-0.2, -0.15) is 0 Å². The lowest BCUT2D eigenvalue weighted by atomic mass is 9.94. The molecular formula is C40H24N4O. The molecule has 0 saturated carbocycles. The van der Waals surface area contributed by atoms with E-state index < -0.39 is 0 Å². The van der Waals surface area contributed by atoms with Gasteiger partial charge in [-0.15, -0.1) is 0 Å². The zero-order valence-corrected chi connectivity index (χ0v) is 24.1. The monoisotopic (exact) mass is 576 g/mol. The highest BCUT2D eigenvalue weighted by Crippen LogP contribution is 2.39. The first kappa shape index (κ1) is 25.3. The number of aromatic nitrogens is 4. The van der Waals surface area contributed by atoms with Gasteiger partial charge >= 0.3 is 0 Å². The molecule has 0 fully saturated rings. The van der Waals surface area contributed by atoms with E-state index in [0.717, 1.165) is 60.4 Å². The first-order chi connectivity index (χ1) is 22.3. The van der Waals surface area contributed by atoms with Gasteiger partial charge in [0.25, 0.3) is 0 Å². The summed E-state index contributed by atoms with van der Waals surface area (Å²) in [5.41, 5.74) is 8.22. The number of fused-ring (bicyclic) bond motifs is 5. The van der Waals surface area contributed by atoms with Crippen molar-refractivity contribution in [1.82, 2.24) is 19.9 Å². The summed E-state index contributed by atoms with van der Waals surface area (Å²) < 4.78 is 6.33. The summed E-state index contributed by atoms with van der Waals surface area (Å²) in [6.07, 6.45) is 0. The standard InChI is InChI=1S/C40H24N4O/c1-3-12-25(13-4-1)28-22-23-31(30-18-9-8-17-29(28)30)39-42-38(26-14-5-2-6-15-26)43-40(44-39)32-19-11-21-34-36(32)37-35(45-34)24-27-16-7-10-20-33(27)41-37/h1-24H. The normalized spacial score (nSPS) is 11.6. The second kappa shape index (κ2) is 10.2. The number of pyridine rings is 1. The van der Waals surface area contributed by atoms with Crippen LogP contribution in [0, 0.1) is 0 Å². The van der Waals surface area contributed by atoms with E-state index in [2.05, 4.69) is 66.7 Å². The van der Waals surface area contributed by atoms with Crippen molar-refractivity contribution in [3.63, 3.8) is 0 Å². The summed E-state index contributed by atoms with van der Waals surface area (Å²) >= 11 is 0. The Morgan fingerprint density at radius 2 is 1.02 bits per heavy atom. The maximum absolute atomic E-state index is 6.33. The first-order valence-electron chi connectivity index (χ1n) is 14.9. The van der Waals surface area contributed by atoms with Crippen LogP contribution in [0.2, 0.25) is 0 Å². The number of furan rings is 1. The van der Waals surface area contributed by atoms with Crippen LogP contribution >= 0.6 is 0 Å². The molecule has 0 spiro atoms. The summed E-state index contributed by atoms with van der Waals surface area (Å²) in [4.78, 5) is 20.3. The maximum Gasteiger partial charge on any atom is 0.164 e. The number of rotatable bonds is 4. The van der Waals surface area contributed by atoms with Crippen LogP contribution in [0.4, 0.5) is 0 Å². The van der Waals surface area contributed by atoms with Gasteiger partial charge in [-0.3, -0.25) is 0 Å². The molecule has 45 heavy (non-hydrogen) atoms. The van der Waals surface area contributed by atoms with Crippen molar-refractivity contribution in [2.45, 2.75) is 0 Å². The Morgan fingerprint density at radius 1 is 0.400 bits per heavy atom. The fourth-order valence-electron chi connectivity index (χ4n) is 6.22. The zero-order chi connectivity index (χ0) is 29.7. The van der Waals surface area contributed by atoms with Crippen LogP contribution in [0.25, 0.3) is 89.0 Å². The smallest absolute Gasteiger partial charge is 0.164 e. The third-order valence-corrected chi connectivity index (χ3v) is 8.33. The molecule has 0 aliphatic rings. The lowest BCUT2D eigenvalue weighted by Gasteiger charge is -2.13. The Bertz CT molecular complexity index is 2540. The Morgan fingerprint density at radius 3 is 1.82 bits per heavy atom. The summed E-state index contributed by atoms with van der Waals surface area (Å²) in [6.45, 7) is 0. The van der Waals surface area contributed by atoms with Gasteiger partial charge in [-0.25, -0.2) is 19.9 Å². The summed E-state index contributed by atoms with van der Waals surface area (Å²) in [5, 5.41) is 4.14. The van der Waals surface area contributed by atoms with Crippen molar-refractivity contribution in [1.29, 1.82) is 0 Å². The number of benzene rings is 6. The molecule has 0 bridgehead atoms. The molecule has 6 aromatic carbocycles. The lowest BCUT2D eigenvalue weighted by molar-refractivity contribution is 0.669. The summed E-state index contributed by atoms with van der Waals surface area (Å²) in [7, 11) is 0. The Hall–Kier alpha value is -6.20. The van der Waals surface area contributed by atoms with Gasteiger partial charge in [0.15, 0.2) is 23.1 Å². The minimum absolute atomic E-state index is 0.568. The zero-order valence-electron chi connectivity index (χ0n) is 24.1. The van der Waals surface area contributed by atoms with E-state index in [-0.39, 0.29) is 0 Å². The molecule has 3 aromatic heterocycles. The van der Waals surface area contributed by atoms with E-state index in [1.54, 1.807) is 0 Å². The molecule has 0 saturated heterocycles. The molecule has 210 valence electrons. The predicted molar refractivity (Wildman–Crippen MR) is 182 cm³/mol. The van der Waals surface area contributed by atoms with Crippen LogP contribution in [0.1, 0.15) is 0 Å². The molecule has 5 nitrogen and oxygen atoms in total. The molecule has 0 unspecified atom stereocenters. The highest BCUT2D eigenvalue weighted by molar-refractivity contribution is 6.12. The van der Waals surface area contributed by atoms with Crippen LogP contribution < -0.4 is 0 Å². The Balaban J connectivity index is 1.32. The first-order valence-corrected chi connectivity index (χ1v) is 14.9. The number of hydrogen-bond donors (Lipinski definition) is 0. The largest absolute Gasteiger partial charge is 0.454 e. The topological polar surface area (TPSA) is 64.7 Å². The van der Waals surface area contributed by atoms with E-state index >= 15 is 0 Å². The van der Waals surface area contributed by atoms with Crippen molar-refractivity contribution in [3.8, 4) is 45.3 Å². The molecule has 9 rings (SSSR count). The molecule has 5 heteroatoms. The molecule has 0 amide bonds. The summed E-state index contributed by atoms with van der Waals surface area (Å²) in [5.74, 6) is 1.78. The average molecular weight is 577 g/mol. The van der Waals surface area contributed by atoms with Gasteiger partial charge in [-0.1, -0.05) is 121 Å². The van der Waals surface area contributed by atoms with Crippen molar-refractivity contribution in [2.24, 2.45) is 0 Å². The van der Waals surface area contributed by atoms with Crippen molar-refractivity contribution >= 4 is 43.7 Å². The third kappa shape index (κ3) is 4.25. The minimum Gasteiger partial charge on any atom is -0.454 e. The molecule has 9 aromatic rings. The molecule has 0 aliphatic heterocycles. The minimum atomic E-state index is 0.568. The second-order valence-corrected chi connectivity index (χ2v) is 11.1. The second-order valence-electron chi connectivity index (χ2n) is 11.1. The lowest BCUT2D eigenvalue weighted by Crippen LogP contribution is -2.01. The number of nitrogens with zero attached hydrogens (tertiary/aromatic N) is 4. The van der Waals surface area contributed by atoms with Crippen LogP contribution in [-0.2, 0) is 0 Å². The van der Waals surface area contributed by atoms with E-state index in [1.807, 2.05) is 78.9 Å². The molecule has 0 radical (unpaired) electrons. The average Bonchev–Trinajstić information content (AvgIpc) is 3.48. The highest BCUT2D eigenvalue weighted by Gasteiger charge is 2.20. The van der Waals surface area contributed by atoms with Crippen molar-refractivity contribution in [2.75, 3.05) is 0 Å². The van der Waals surface area contributed by atoms with Gasteiger partial charge in [0.1, 0.15) is 11.1 Å². The van der Waals surface area contributed by atoms with Gasteiger partial charge in [0.2, 0.25) is 0 Å². The van der Waals surface area contributed by atoms with Crippen LogP contribution in [-0.4, -0.2) is 19.9 Å². The molecule has 0 N–H and O–H groups in total. The number of hydrogen-bond acceptors (Lipinski definition) is 5. The fourth-order valence-corrected chi connectivity index (χ4v) is 6.22. The van der Waals surface area contributed by atoms with Crippen molar-refractivity contribution in [3.05, 3.63) is 146 Å². The van der Waals surface area contributed by atoms with E-state index in [0.29, 0.717) is 17.5 Å². The molecule has 0 aliphatic carbocycles. The van der Waals surface area contributed by atoms with Gasteiger partial charge in [-0.05, 0) is 46.2 Å². The van der Waals surface area contributed by atoms with Crippen molar-refractivity contribution < 1.29 is 4.42 Å². The SMILES string of the molecule is c1ccc(-c2nc(-c3ccc(-c4ccccc4)c4ccccc34)nc(-c3cccc4oc5cc6ccccc6nc5c34)n2)cc1. The van der Waals surface area contributed by atoms with Gasteiger partial charge < -0.3 is 4.42 Å². The molecule has 3 heterocycles. The van der Waals surface area contributed by atoms with E-state index in [4.69, 9.17) is 24.4 Å². The maximum atomic E-state index is 6.33. The molecular weight excluding hydrogens is 552 g/mol. The number of para-hydroxylation sites is 1. The van der Waals surface area contributed by atoms with Gasteiger partial charge in [0.05, 0.1) is 10.9 Å². The third-order valence-electron chi connectivity index (χ3n) is 8.33. The summed E-state index contributed by atoms with van der Waals surface area (Å²) in [6, 6.07) is 49.4.